The molecule has 0 aliphatic rings. The van der Waals surface area contributed by atoms with Gasteiger partial charge in [-0.3, -0.25) is 0 Å². The van der Waals surface area contributed by atoms with E-state index in [1.165, 1.54) is 0 Å². The zero-order valence-electron chi connectivity index (χ0n) is 6.70. The minimum atomic E-state index is -0.417. The van der Waals surface area contributed by atoms with Crippen LogP contribution in [0.3, 0.4) is 0 Å². The van der Waals surface area contributed by atoms with Gasteiger partial charge in [0.05, 0.1) is 6.10 Å². The third-order valence-corrected chi connectivity index (χ3v) is 1.77. The summed E-state index contributed by atoms with van der Waals surface area (Å²) in [6, 6.07) is 3.81. The van der Waals surface area contributed by atoms with Crippen LogP contribution in [0.1, 0.15) is 18.2 Å². The molecule has 1 aromatic heterocycles. The molecule has 1 rings (SSSR count). The highest BCUT2D eigenvalue weighted by Crippen LogP contribution is 2.14. The van der Waals surface area contributed by atoms with Crippen molar-refractivity contribution in [2.45, 2.75) is 12.5 Å². The van der Waals surface area contributed by atoms with Crippen molar-refractivity contribution in [1.29, 1.82) is 0 Å². The summed E-state index contributed by atoms with van der Waals surface area (Å²) < 4.78 is 1.90. The highest BCUT2D eigenvalue weighted by atomic mass is 16.3. The highest BCUT2D eigenvalue weighted by Gasteiger charge is 2.07. The monoisotopic (exact) mass is 154 g/mol. The van der Waals surface area contributed by atoms with Crippen LogP contribution in [0.2, 0.25) is 0 Å². The fourth-order valence-corrected chi connectivity index (χ4v) is 1.13. The number of aryl methyl sites for hydroxylation is 1. The first-order chi connectivity index (χ1) is 5.25. The van der Waals surface area contributed by atoms with E-state index in [0.717, 1.165) is 5.69 Å². The highest BCUT2D eigenvalue weighted by molar-refractivity contribution is 5.09. The maximum Gasteiger partial charge on any atom is 0.0951 e. The summed E-state index contributed by atoms with van der Waals surface area (Å²) in [7, 11) is 1.91. The molecule has 1 heterocycles. The maximum absolute atomic E-state index is 9.49. The van der Waals surface area contributed by atoms with E-state index in [9.17, 15) is 5.11 Å². The molecule has 0 bridgehead atoms. The van der Waals surface area contributed by atoms with E-state index >= 15 is 0 Å². The van der Waals surface area contributed by atoms with Gasteiger partial charge in [-0.1, -0.05) is 0 Å². The lowest BCUT2D eigenvalue weighted by atomic mass is 10.2. The van der Waals surface area contributed by atoms with Crippen LogP contribution < -0.4 is 5.73 Å². The molecule has 62 valence electrons. The SMILES string of the molecule is Cn1cccc1[C@H](O)CCN. The smallest absolute Gasteiger partial charge is 0.0951 e. The van der Waals surface area contributed by atoms with Crippen LogP contribution in [0.25, 0.3) is 0 Å². The molecule has 0 fully saturated rings. The molecule has 0 saturated heterocycles. The Morgan fingerprint density at radius 2 is 2.45 bits per heavy atom. The predicted molar refractivity (Wildman–Crippen MR) is 44.0 cm³/mol. The fraction of sp³-hybridized carbons (Fsp3) is 0.500. The first kappa shape index (κ1) is 8.30. The van der Waals surface area contributed by atoms with Crippen molar-refractivity contribution in [3.63, 3.8) is 0 Å². The van der Waals surface area contributed by atoms with Crippen LogP contribution in [0.15, 0.2) is 18.3 Å². The zero-order valence-corrected chi connectivity index (χ0v) is 6.70. The number of nitrogens with zero attached hydrogens (tertiary/aromatic N) is 1. The van der Waals surface area contributed by atoms with Crippen molar-refractivity contribution in [2.75, 3.05) is 6.54 Å². The van der Waals surface area contributed by atoms with E-state index in [-0.39, 0.29) is 0 Å². The average Bonchev–Trinajstić information content (AvgIpc) is 2.36. The van der Waals surface area contributed by atoms with Gasteiger partial charge in [-0.15, -0.1) is 0 Å². The number of rotatable bonds is 3. The first-order valence-electron chi connectivity index (χ1n) is 3.75. The van der Waals surface area contributed by atoms with Gasteiger partial charge in [-0.05, 0) is 25.1 Å². The molecule has 0 amide bonds. The van der Waals surface area contributed by atoms with Gasteiger partial charge >= 0.3 is 0 Å². The maximum atomic E-state index is 9.49. The molecule has 0 aliphatic carbocycles. The van der Waals surface area contributed by atoms with Gasteiger partial charge in [0.2, 0.25) is 0 Å². The Morgan fingerprint density at radius 3 is 2.91 bits per heavy atom. The minimum absolute atomic E-state index is 0.417. The van der Waals surface area contributed by atoms with E-state index in [2.05, 4.69) is 0 Å². The van der Waals surface area contributed by atoms with Crippen LogP contribution in [-0.4, -0.2) is 16.2 Å². The molecular formula is C8H14N2O. The molecule has 0 unspecified atom stereocenters. The van der Waals surface area contributed by atoms with E-state index in [1.807, 2.05) is 29.9 Å². The molecule has 1 aromatic rings. The van der Waals surface area contributed by atoms with Gasteiger partial charge in [0.15, 0.2) is 0 Å². The lowest BCUT2D eigenvalue weighted by Gasteiger charge is -2.09. The van der Waals surface area contributed by atoms with Gasteiger partial charge in [0, 0.05) is 18.9 Å². The van der Waals surface area contributed by atoms with Gasteiger partial charge in [-0.25, -0.2) is 0 Å². The van der Waals surface area contributed by atoms with Crippen LogP contribution in [0, 0.1) is 0 Å². The number of nitrogens with two attached hydrogens (primary N) is 1. The van der Waals surface area contributed by atoms with Gasteiger partial charge in [-0.2, -0.15) is 0 Å². The average molecular weight is 154 g/mol. The van der Waals surface area contributed by atoms with Gasteiger partial charge < -0.3 is 15.4 Å². The Bertz CT molecular complexity index is 220. The van der Waals surface area contributed by atoms with Crippen LogP contribution >= 0.6 is 0 Å². The number of hydrogen-bond donors (Lipinski definition) is 2. The third-order valence-electron chi connectivity index (χ3n) is 1.77. The van der Waals surface area contributed by atoms with E-state index < -0.39 is 6.10 Å². The van der Waals surface area contributed by atoms with Crippen molar-refractivity contribution in [1.82, 2.24) is 4.57 Å². The predicted octanol–water partition coefficient (Wildman–Crippen LogP) is 0.407. The van der Waals surface area contributed by atoms with Gasteiger partial charge in [0.25, 0.3) is 0 Å². The third kappa shape index (κ3) is 1.82. The van der Waals surface area contributed by atoms with Crippen molar-refractivity contribution >= 4 is 0 Å². The van der Waals surface area contributed by atoms with Gasteiger partial charge in [0.1, 0.15) is 0 Å². The van der Waals surface area contributed by atoms with E-state index in [0.29, 0.717) is 13.0 Å². The van der Waals surface area contributed by atoms with Crippen LogP contribution in [-0.2, 0) is 7.05 Å². The van der Waals surface area contributed by atoms with Crippen molar-refractivity contribution < 1.29 is 5.11 Å². The summed E-state index contributed by atoms with van der Waals surface area (Å²) in [6.45, 7) is 0.520. The van der Waals surface area contributed by atoms with Crippen molar-refractivity contribution in [3.8, 4) is 0 Å². The zero-order chi connectivity index (χ0) is 8.27. The quantitative estimate of drug-likeness (QED) is 0.662. The number of aromatic nitrogens is 1. The topological polar surface area (TPSA) is 51.2 Å². The Balaban J connectivity index is 2.67. The van der Waals surface area contributed by atoms with Crippen molar-refractivity contribution in [3.05, 3.63) is 24.0 Å². The summed E-state index contributed by atoms with van der Waals surface area (Å²) in [5.41, 5.74) is 6.24. The number of aliphatic hydroxyl groups excluding tert-OH is 1. The second-order valence-corrected chi connectivity index (χ2v) is 2.64. The summed E-state index contributed by atoms with van der Waals surface area (Å²) in [6.07, 6.45) is 2.12. The largest absolute Gasteiger partial charge is 0.387 e. The van der Waals surface area contributed by atoms with Crippen LogP contribution in [0.5, 0.6) is 0 Å². The van der Waals surface area contributed by atoms with Crippen LogP contribution in [0.4, 0.5) is 0 Å². The Labute approximate surface area is 66.4 Å². The second kappa shape index (κ2) is 3.55. The molecule has 0 radical (unpaired) electrons. The number of hydrogen-bond acceptors (Lipinski definition) is 2. The molecule has 3 heteroatoms. The van der Waals surface area contributed by atoms with E-state index in [1.54, 1.807) is 0 Å². The summed E-state index contributed by atoms with van der Waals surface area (Å²) in [5.74, 6) is 0. The molecule has 11 heavy (non-hydrogen) atoms. The summed E-state index contributed by atoms with van der Waals surface area (Å²) >= 11 is 0. The van der Waals surface area contributed by atoms with Crippen molar-refractivity contribution in [2.24, 2.45) is 12.8 Å². The summed E-state index contributed by atoms with van der Waals surface area (Å²) in [5, 5.41) is 9.49. The minimum Gasteiger partial charge on any atom is -0.387 e. The normalized spacial score (nSPS) is 13.4. The number of aliphatic hydroxyl groups is 1. The Hall–Kier alpha value is -0.800. The second-order valence-electron chi connectivity index (χ2n) is 2.64. The molecule has 0 saturated carbocycles. The Kier molecular flexibility index (Phi) is 2.68. The molecule has 3 N–H and O–H groups in total. The molecule has 0 spiro atoms. The lowest BCUT2D eigenvalue weighted by molar-refractivity contribution is 0.162. The molecular weight excluding hydrogens is 140 g/mol. The fourth-order valence-electron chi connectivity index (χ4n) is 1.13. The standard InChI is InChI=1S/C8H14N2O/c1-10-6-2-3-7(10)8(11)4-5-9/h2-3,6,8,11H,4-5,9H2,1H3/t8-/m1/s1. The Morgan fingerprint density at radius 1 is 1.73 bits per heavy atom. The van der Waals surface area contributed by atoms with E-state index in [4.69, 9.17) is 5.73 Å². The molecule has 3 nitrogen and oxygen atoms in total. The summed E-state index contributed by atoms with van der Waals surface area (Å²) in [4.78, 5) is 0. The molecule has 0 aromatic carbocycles. The lowest BCUT2D eigenvalue weighted by Crippen LogP contribution is -2.09. The molecule has 0 aliphatic heterocycles. The first-order valence-corrected chi connectivity index (χ1v) is 3.75. The molecule has 1 atom stereocenters.